The highest BCUT2D eigenvalue weighted by Crippen LogP contribution is 2.18. The third-order valence-electron chi connectivity index (χ3n) is 15.6. The predicted molar refractivity (Wildman–Crippen MR) is 358 cm³/mol. The zero-order chi connectivity index (χ0) is 59.2. The van der Waals surface area contributed by atoms with E-state index in [2.05, 4.69) is 106 Å². The van der Waals surface area contributed by atoms with Crippen molar-refractivity contribution >= 4 is 17.9 Å². The Morgan fingerprint density at radius 1 is 0.256 bits per heavy atom. The second-order valence-electron chi connectivity index (χ2n) is 23.8. The first-order valence-electron chi connectivity index (χ1n) is 35.6. The number of hydrogen-bond acceptors (Lipinski definition) is 6. The Morgan fingerprint density at radius 3 is 0.756 bits per heavy atom. The van der Waals surface area contributed by atoms with Crippen LogP contribution in [-0.2, 0) is 28.6 Å². The summed E-state index contributed by atoms with van der Waals surface area (Å²) < 4.78 is 17.0. The van der Waals surface area contributed by atoms with Crippen LogP contribution in [-0.4, -0.2) is 37.2 Å². The molecule has 6 heteroatoms. The molecule has 82 heavy (non-hydrogen) atoms. The number of allylic oxidation sites excluding steroid dienone is 14. The lowest BCUT2D eigenvalue weighted by Crippen LogP contribution is -2.30. The van der Waals surface area contributed by atoms with Gasteiger partial charge in [-0.3, -0.25) is 14.4 Å². The van der Waals surface area contributed by atoms with E-state index in [0.717, 1.165) is 116 Å². The number of ether oxygens (including phenoxy) is 3. The molecule has 0 saturated carbocycles. The summed E-state index contributed by atoms with van der Waals surface area (Å²) in [5, 5.41) is 0. The topological polar surface area (TPSA) is 78.9 Å². The third kappa shape index (κ3) is 67.4. The predicted octanol–water partition coefficient (Wildman–Crippen LogP) is 24.6. The molecule has 0 bridgehead atoms. The highest BCUT2D eigenvalue weighted by Gasteiger charge is 2.19. The van der Waals surface area contributed by atoms with Gasteiger partial charge in [-0.15, -0.1) is 0 Å². The fraction of sp³-hybridized carbons (Fsp3) is 0.776. The molecule has 0 radical (unpaired) electrons. The van der Waals surface area contributed by atoms with Gasteiger partial charge in [0.25, 0.3) is 0 Å². The molecule has 0 aliphatic rings. The second-order valence-corrected chi connectivity index (χ2v) is 23.8. The zero-order valence-corrected chi connectivity index (χ0v) is 54.5. The van der Waals surface area contributed by atoms with Crippen LogP contribution in [0.1, 0.15) is 361 Å². The van der Waals surface area contributed by atoms with Crippen molar-refractivity contribution in [1.29, 1.82) is 0 Å². The Bertz CT molecular complexity index is 1550. The van der Waals surface area contributed by atoms with Gasteiger partial charge >= 0.3 is 17.9 Å². The molecule has 0 aromatic carbocycles. The number of carbonyl (C=O) groups excluding carboxylic acids is 3. The maximum absolute atomic E-state index is 12.9. The average Bonchev–Trinajstić information content (AvgIpc) is 3.47. The second kappa shape index (κ2) is 70.1. The summed E-state index contributed by atoms with van der Waals surface area (Å²) in [7, 11) is 0. The van der Waals surface area contributed by atoms with Crippen LogP contribution in [0.15, 0.2) is 85.1 Å². The lowest BCUT2D eigenvalue weighted by atomic mass is 10.0. The maximum Gasteiger partial charge on any atom is 0.306 e. The lowest BCUT2D eigenvalue weighted by Gasteiger charge is -2.18. The quantitative estimate of drug-likeness (QED) is 0.0261. The molecule has 0 rings (SSSR count). The monoisotopic (exact) mass is 1140 g/mol. The van der Waals surface area contributed by atoms with Crippen molar-refractivity contribution in [3.8, 4) is 0 Å². The van der Waals surface area contributed by atoms with E-state index >= 15 is 0 Å². The first kappa shape index (κ1) is 78.6. The van der Waals surface area contributed by atoms with E-state index in [9.17, 15) is 14.4 Å². The smallest absolute Gasteiger partial charge is 0.306 e. The standard InChI is InChI=1S/C76H134O6/c1-4-7-10-13-16-19-22-25-27-29-30-31-32-33-34-35-36-37-38-39-40-41-42-43-44-45-46-47-49-51-54-57-60-63-66-69-75(78)81-72-73(71-80-74(77)68-65-62-59-56-53-50-24-21-18-15-12-9-6-3)82-76(79)70-67-64-61-58-55-52-48-28-26-23-20-17-14-11-8-5-2/h7,10,16,19-20,23,25,27-28,30-31,33-34,48,73H,4-6,8-9,11-15,17-18,21-22,24,26,29,32,35-47,49-72H2,1-3H3/b10-7-,19-16-,23-20-,27-25-,31-30-,34-33-,48-28-. The number of rotatable bonds is 65. The Kier molecular flexibility index (Phi) is 67.2. The van der Waals surface area contributed by atoms with Crippen molar-refractivity contribution in [3.05, 3.63) is 85.1 Å². The summed E-state index contributed by atoms with van der Waals surface area (Å²) in [4.78, 5) is 38.4. The van der Waals surface area contributed by atoms with Crippen molar-refractivity contribution in [3.63, 3.8) is 0 Å². The molecular weight excluding hydrogens is 1010 g/mol. The van der Waals surface area contributed by atoms with Crippen LogP contribution >= 0.6 is 0 Å². The van der Waals surface area contributed by atoms with Crippen molar-refractivity contribution < 1.29 is 28.6 Å². The van der Waals surface area contributed by atoms with Crippen LogP contribution in [0.4, 0.5) is 0 Å². The van der Waals surface area contributed by atoms with Gasteiger partial charge in [0.2, 0.25) is 0 Å². The fourth-order valence-corrected chi connectivity index (χ4v) is 10.3. The first-order valence-corrected chi connectivity index (χ1v) is 35.6. The highest BCUT2D eigenvalue weighted by molar-refractivity contribution is 5.71. The van der Waals surface area contributed by atoms with Gasteiger partial charge in [0.05, 0.1) is 0 Å². The summed E-state index contributed by atoms with van der Waals surface area (Å²) in [6, 6.07) is 0. The maximum atomic E-state index is 12.9. The minimum Gasteiger partial charge on any atom is -0.462 e. The Morgan fingerprint density at radius 2 is 0.476 bits per heavy atom. The summed E-state index contributed by atoms with van der Waals surface area (Å²) in [6.07, 6.45) is 93.4. The van der Waals surface area contributed by atoms with Crippen LogP contribution in [0.5, 0.6) is 0 Å². The van der Waals surface area contributed by atoms with E-state index in [1.165, 1.54) is 205 Å². The molecule has 0 fully saturated rings. The molecule has 0 aromatic rings. The van der Waals surface area contributed by atoms with E-state index in [1.807, 2.05) is 0 Å². The van der Waals surface area contributed by atoms with Gasteiger partial charge in [0.15, 0.2) is 6.10 Å². The molecule has 0 aromatic heterocycles. The molecule has 0 saturated heterocycles. The minimum atomic E-state index is -0.780. The SMILES string of the molecule is CC/C=C\C/C=C\C/C=C\C/C=C\C/C=C\CCCCCCCCCCCCCCCCCCCCCC(=O)OCC(COC(=O)CCCCCCCCCCCCCCC)OC(=O)CCCCCCC/C=C\C/C=C\CCCCCC. The normalized spacial score (nSPS) is 12.6. The van der Waals surface area contributed by atoms with E-state index < -0.39 is 6.10 Å². The molecule has 6 nitrogen and oxygen atoms in total. The summed E-state index contributed by atoms with van der Waals surface area (Å²) in [6.45, 7) is 6.54. The first-order chi connectivity index (χ1) is 40.5. The molecular formula is C76H134O6. The number of unbranched alkanes of at least 4 members (excludes halogenated alkanes) is 40. The number of esters is 3. The fourth-order valence-electron chi connectivity index (χ4n) is 10.3. The highest BCUT2D eigenvalue weighted by atomic mass is 16.6. The lowest BCUT2D eigenvalue weighted by molar-refractivity contribution is -0.167. The Balaban J connectivity index is 4.12. The molecule has 0 aliphatic carbocycles. The van der Waals surface area contributed by atoms with Gasteiger partial charge in [-0.1, -0.05) is 331 Å². The van der Waals surface area contributed by atoms with Gasteiger partial charge in [0.1, 0.15) is 13.2 Å². The molecule has 0 amide bonds. The van der Waals surface area contributed by atoms with Gasteiger partial charge < -0.3 is 14.2 Å². The summed E-state index contributed by atoms with van der Waals surface area (Å²) in [5.74, 6) is -0.869. The Labute approximate surface area is 509 Å². The van der Waals surface area contributed by atoms with Gasteiger partial charge in [-0.05, 0) is 96.3 Å². The Hall–Kier alpha value is -3.41. The minimum absolute atomic E-state index is 0.0758. The molecule has 0 aliphatic heterocycles. The number of hydrogen-bond donors (Lipinski definition) is 0. The van der Waals surface area contributed by atoms with Crippen molar-refractivity contribution in [2.75, 3.05) is 13.2 Å². The van der Waals surface area contributed by atoms with Gasteiger partial charge in [-0.2, -0.15) is 0 Å². The molecule has 0 spiro atoms. The molecule has 0 heterocycles. The zero-order valence-electron chi connectivity index (χ0n) is 54.5. The van der Waals surface area contributed by atoms with Gasteiger partial charge in [-0.25, -0.2) is 0 Å². The van der Waals surface area contributed by atoms with Crippen molar-refractivity contribution in [2.24, 2.45) is 0 Å². The largest absolute Gasteiger partial charge is 0.462 e. The van der Waals surface area contributed by atoms with E-state index in [1.54, 1.807) is 0 Å². The van der Waals surface area contributed by atoms with Crippen molar-refractivity contribution in [2.45, 2.75) is 367 Å². The van der Waals surface area contributed by atoms with Crippen LogP contribution in [0.2, 0.25) is 0 Å². The summed E-state index contributed by atoms with van der Waals surface area (Å²) in [5.41, 5.74) is 0. The molecule has 1 atom stereocenters. The van der Waals surface area contributed by atoms with E-state index in [-0.39, 0.29) is 31.1 Å². The van der Waals surface area contributed by atoms with E-state index in [4.69, 9.17) is 14.2 Å². The van der Waals surface area contributed by atoms with Crippen molar-refractivity contribution in [1.82, 2.24) is 0 Å². The summed E-state index contributed by atoms with van der Waals surface area (Å²) >= 11 is 0. The third-order valence-corrected chi connectivity index (χ3v) is 15.6. The molecule has 1 unspecified atom stereocenters. The number of carbonyl (C=O) groups is 3. The molecule has 474 valence electrons. The average molecular weight is 1140 g/mol. The van der Waals surface area contributed by atoms with E-state index in [0.29, 0.717) is 19.3 Å². The van der Waals surface area contributed by atoms with Crippen LogP contribution in [0.3, 0.4) is 0 Å². The van der Waals surface area contributed by atoms with Crippen LogP contribution in [0, 0.1) is 0 Å². The van der Waals surface area contributed by atoms with Crippen LogP contribution < -0.4 is 0 Å². The van der Waals surface area contributed by atoms with Gasteiger partial charge in [0, 0.05) is 19.3 Å². The molecule has 0 N–H and O–H groups in total. The van der Waals surface area contributed by atoms with Crippen LogP contribution in [0.25, 0.3) is 0 Å².